The number of hydrogen-bond donors (Lipinski definition) is 1. The van der Waals surface area contributed by atoms with Gasteiger partial charge in [-0.25, -0.2) is 4.98 Å². The van der Waals surface area contributed by atoms with Crippen LogP contribution < -0.4 is 9.47 Å². The number of aromatic amines is 1. The van der Waals surface area contributed by atoms with Crippen molar-refractivity contribution in [2.75, 3.05) is 6.79 Å². The standard InChI is InChI=1S/C17H20ClN3O2S/c18-13-7-12(8-14-16(13)23-10-22-14)9-24-17-19-15(20-21-17)6-5-11-3-1-2-4-11/h7-8,11H,1-6,9-10H2,(H,19,20,21). The molecule has 1 aromatic heterocycles. The van der Waals surface area contributed by atoms with E-state index in [1.807, 2.05) is 12.1 Å². The third kappa shape index (κ3) is 3.64. The van der Waals surface area contributed by atoms with Crippen molar-refractivity contribution in [1.29, 1.82) is 0 Å². The van der Waals surface area contributed by atoms with Gasteiger partial charge in [0.05, 0.1) is 5.02 Å². The number of H-pyrrole nitrogens is 1. The molecule has 0 saturated heterocycles. The molecule has 1 saturated carbocycles. The minimum atomic E-state index is 0.233. The molecule has 5 nitrogen and oxygen atoms in total. The summed E-state index contributed by atoms with van der Waals surface area (Å²) in [5, 5.41) is 8.75. The van der Waals surface area contributed by atoms with Crippen LogP contribution in [-0.2, 0) is 12.2 Å². The quantitative estimate of drug-likeness (QED) is 0.758. The molecule has 2 heterocycles. The third-order valence-corrected chi connectivity index (χ3v) is 5.83. The van der Waals surface area contributed by atoms with Gasteiger partial charge >= 0.3 is 0 Å². The minimum absolute atomic E-state index is 0.233. The summed E-state index contributed by atoms with van der Waals surface area (Å²) in [6, 6.07) is 3.88. The summed E-state index contributed by atoms with van der Waals surface area (Å²) in [5.74, 6) is 3.97. The van der Waals surface area contributed by atoms with E-state index in [0.717, 1.165) is 34.6 Å². The van der Waals surface area contributed by atoms with Gasteiger partial charge in [-0.3, -0.25) is 5.10 Å². The first-order valence-electron chi connectivity index (χ1n) is 8.40. The van der Waals surface area contributed by atoms with E-state index < -0.39 is 0 Å². The van der Waals surface area contributed by atoms with Gasteiger partial charge in [-0.15, -0.1) is 5.10 Å². The van der Waals surface area contributed by atoms with Crippen molar-refractivity contribution in [2.24, 2.45) is 5.92 Å². The van der Waals surface area contributed by atoms with Crippen LogP contribution in [0.15, 0.2) is 17.3 Å². The van der Waals surface area contributed by atoms with Crippen molar-refractivity contribution < 1.29 is 9.47 Å². The molecule has 7 heteroatoms. The van der Waals surface area contributed by atoms with Gasteiger partial charge in [0.25, 0.3) is 0 Å². The van der Waals surface area contributed by atoms with Crippen LogP contribution in [0, 0.1) is 5.92 Å². The van der Waals surface area contributed by atoms with E-state index in [-0.39, 0.29) is 6.79 Å². The van der Waals surface area contributed by atoms with E-state index in [1.165, 1.54) is 32.1 Å². The maximum absolute atomic E-state index is 6.21. The minimum Gasteiger partial charge on any atom is -0.454 e. The Labute approximate surface area is 150 Å². The van der Waals surface area contributed by atoms with Crippen molar-refractivity contribution in [2.45, 2.75) is 49.4 Å². The number of halogens is 1. The van der Waals surface area contributed by atoms with Gasteiger partial charge in [0, 0.05) is 12.2 Å². The summed E-state index contributed by atoms with van der Waals surface area (Å²) in [5.41, 5.74) is 1.08. The lowest BCUT2D eigenvalue weighted by atomic mass is 10.0. The Bertz CT molecular complexity index is 716. The molecule has 0 amide bonds. The molecule has 0 unspecified atom stereocenters. The maximum atomic E-state index is 6.21. The number of fused-ring (bicyclic) bond motifs is 1. The normalized spacial score (nSPS) is 16.9. The highest BCUT2D eigenvalue weighted by Crippen LogP contribution is 2.40. The third-order valence-electron chi connectivity index (χ3n) is 4.63. The second-order valence-electron chi connectivity index (χ2n) is 6.35. The lowest BCUT2D eigenvalue weighted by Gasteiger charge is -2.05. The lowest BCUT2D eigenvalue weighted by Crippen LogP contribution is -1.97. The second-order valence-corrected chi connectivity index (χ2v) is 7.70. The Morgan fingerprint density at radius 2 is 2.12 bits per heavy atom. The zero-order valence-corrected chi connectivity index (χ0v) is 15.0. The monoisotopic (exact) mass is 365 g/mol. The van der Waals surface area contributed by atoms with Gasteiger partial charge in [0.15, 0.2) is 11.5 Å². The average Bonchev–Trinajstić information content (AvgIpc) is 3.32. The number of aromatic nitrogens is 3. The fourth-order valence-corrected chi connectivity index (χ4v) is 4.38. The predicted octanol–water partition coefficient (Wildman–Crippen LogP) is 4.60. The molecular formula is C17H20ClN3O2S. The van der Waals surface area contributed by atoms with Crippen molar-refractivity contribution in [3.63, 3.8) is 0 Å². The van der Waals surface area contributed by atoms with E-state index in [9.17, 15) is 0 Å². The topological polar surface area (TPSA) is 60.0 Å². The van der Waals surface area contributed by atoms with E-state index >= 15 is 0 Å². The van der Waals surface area contributed by atoms with Crippen LogP contribution in [-0.4, -0.2) is 22.0 Å². The first kappa shape index (κ1) is 16.1. The molecule has 1 aliphatic heterocycles. The number of rotatable bonds is 6. The Morgan fingerprint density at radius 3 is 3.00 bits per heavy atom. The number of benzene rings is 1. The highest BCUT2D eigenvalue weighted by molar-refractivity contribution is 7.98. The molecule has 2 aliphatic rings. The van der Waals surface area contributed by atoms with Gasteiger partial charge < -0.3 is 9.47 Å². The smallest absolute Gasteiger partial charge is 0.231 e. The van der Waals surface area contributed by atoms with Gasteiger partial charge in [-0.05, 0) is 30.0 Å². The van der Waals surface area contributed by atoms with Crippen LogP contribution in [0.25, 0.3) is 0 Å². The number of aryl methyl sites for hydroxylation is 1. The number of ether oxygens (including phenoxy) is 2. The second kappa shape index (κ2) is 7.23. The summed E-state index contributed by atoms with van der Waals surface area (Å²) in [4.78, 5) is 4.59. The fraction of sp³-hybridized carbons (Fsp3) is 0.529. The molecule has 0 atom stereocenters. The van der Waals surface area contributed by atoms with Gasteiger partial charge in [-0.1, -0.05) is 49.0 Å². The van der Waals surface area contributed by atoms with Crippen molar-refractivity contribution in [1.82, 2.24) is 15.2 Å². The average molecular weight is 366 g/mol. The van der Waals surface area contributed by atoms with Crippen LogP contribution in [0.5, 0.6) is 11.5 Å². The summed E-state index contributed by atoms with van der Waals surface area (Å²) in [6.07, 6.45) is 7.74. The maximum Gasteiger partial charge on any atom is 0.231 e. The Hall–Kier alpha value is -1.40. The number of thioether (sulfide) groups is 1. The zero-order chi connectivity index (χ0) is 16.4. The highest BCUT2D eigenvalue weighted by atomic mass is 35.5. The summed E-state index contributed by atoms with van der Waals surface area (Å²) >= 11 is 7.81. The van der Waals surface area contributed by atoms with E-state index in [4.69, 9.17) is 21.1 Å². The predicted molar refractivity (Wildman–Crippen MR) is 93.8 cm³/mol. The van der Waals surface area contributed by atoms with Crippen molar-refractivity contribution in [3.05, 3.63) is 28.5 Å². The van der Waals surface area contributed by atoms with Gasteiger partial charge in [0.1, 0.15) is 5.82 Å². The molecule has 1 N–H and O–H groups in total. The largest absolute Gasteiger partial charge is 0.454 e. The fourth-order valence-electron chi connectivity index (χ4n) is 3.35. The molecule has 4 rings (SSSR count). The van der Waals surface area contributed by atoms with E-state index in [2.05, 4.69) is 15.2 Å². The first-order chi connectivity index (χ1) is 11.8. The van der Waals surface area contributed by atoms with Crippen molar-refractivity contribution in [3.8, 4) is 11.5 Å². The van der Waals surface area contributed by atoms with Gasteiger partial charge in [0.2, 0.25) is 11.9 Å². The lowest BCUT2D eigenvalue weighted by molar-refractivity contribution is 0.174. The number of nitrogens with zero attached hydrogens (tertiary/aromatic N) is 2. The van der Waals surface area contributed by atoms with Crippen LogP contribution in [0.2, 0.25) is 5.02 Å². The molecule has 1 aliphatic carbocycles. The molecule has 2 aromatic rings. The molecular weight excluding hydrogens is 346 g/mol. The molecule has 128 valence electrons. The summed E-state index contributed by atoms with van der Waals surface area (Å²) in [6.45, 7) is 0.233. The Balaban J connectivity index is 1.32. The van der Waals surface area contributed by atoms with Crippen LogP contribution >= 0.6 is 23.4 Å². The Morgan fingerprint density at radius 1 is 1.25 bits per heavy atom. The molecule has 24 heavy (non-hydrogen) atoms. The van der Waals surface area contributed by atoms with Crippen LogP contribution in [0.3, 0.4) is 0 Å². The molecule has 1 aromatic carbocycles. The zero-order valence-electron chi connectivity index (χ0n) is 13.4. The van der Waals surface area contributed by atoms with Crippen LogP contribution in [0.4, 0.5) is 0 Å². The first-order valence-corrected chi connectivity index (χ1v) is 9.76. The van der Waals surface area contributed by atoms with Crippen LogP contribution in [0.1, 0.15) is 43.5 Å². The van der Waals surface area contributed by atoms with Gasteiger partial charge in [-0.2, -0.15) is 0 Å². The molecule has 0 spiro atoms. The number of nitrogens with one attached hydrogen (secondary N) is 1. The summed E-state index contributed by atoms with van der Waals surface area (Å²) < 4.78 is 10.7. The number of hydrogen-bond acceptors (Lipinski definition) is 5. The highest BCUT2D eigenvalue weighted by Gasteiger charge is 2.19. The van der Waals surface area contributed by atoms with Crippen molar-refractivity contribution >= 4 is 23.4 Å². The SMILES string of the molecule is Clc1cc(CSc2n[nH]c(CCC3CCCC3)n2)cc2c1OCO2. The Kier molecular flexibility index (Phi) is 4.85. The van der Waals surface area contributed by atoms with E-state index in [1.54, 1.807) is 11.8 Å². The molecule has 0 bridgehead atoms. The molecule has 1 fully saturated rings. The molecule has 0 radical (unpaired) electrons. The van der Waals surface area contributed by atoms with E-state index in [0.29, 0.717) is 16.5 Å². The summed E-state index contributed by atoms with van der Waals surface area (Å²) in [7, 11) is 0.